The van der Waals surface area contributed by atoms with Crippen LogP contribution in [0.15, 0.2) is 18.2 Å². The van der Waals surface area contributed by atoms with Gasteiger partial charge >= 0.3 is 5.97 Å². The van der Waals surface area contributed by atoms with Crippen molar-refractivity contribution in [3.63, 3.8) is 0 Å². The molecule has 2 N–H and O–H groups in total. The van der Waals surface area contributed by atoms with Crippen LogP contribution in [-0.4, -0.2) is 37.6 Å². The van der Waals surface area contributed by atoms with E-state index in [0.29, 0.717) is 30.3 Å². The van der Waals surface area contributed by atoms with E-state index >= 15 is 0 Å². The summed E-state index contributed by atoms with van der Waals surface area (Å²) in [6, 6.07) is 5.15. The van der Waals surface area contributed by atoms with E-state index in [-0.39, 0.29) is 6.42 Å². The van der Waals surface area contributed by atoms with Crippen molar-refractivity contribution < 1.29 is 28.6 Å². The molecule has 0 fully saturated rings. The van der Waals surface area contributed by atoms with Gasteiger partial charge in [-0.15, -0.1) is 0 Å². The van der Waals surface area contributed by atoms with Gasteiger partial charge in [0.1, 0.15) is 13.2 Å². The van der Waals surface area contributed by atoms with Crippen LogP contribution < -0.4 is 20.3 Å². The molecule has 118 valence electrons. The van der Waals surface area contributed by atoms with E-state index in [4.69, 9.17) is 14.2 Å². The molecule has 8 nitrogen and oxygen atoms in total. The molecule has 2 amide bonds. The van der Waals surface area contributed by atoms with Crippen molar-refractivity contribution in [3.8, 4) is 11.5 Å². The first-order valence-electron chi connectivity index (χ1n) is 6.64. The van der Waals surface area contributed by atoms with E-state index < -0.39 is 24.4 Å². The van der Waals surface area contributed by atoms with Crippen LogP contribution in [0.5, 0.6) is 11.5 Å². The van der Waals surface area contributed by atoms with Crippen LogP contribution >= 0.6 is 0 Å². The fraction of sp³-hybridized carbons (Fsp3) is 0.357. The minimum atomic E-state index is -0.620. The van der Waals surface area contributed by atoms with Gasteiger partial charge in [-0.25, -0.2) is 0 Å². The number of amides is 2. The number of benzene rings is 1. The number of carbonyl (C=O) groups is 3. The quantitative estimate of drug-likeness (QED) is 0.585. The molecule has 1 aliphatic heterocycles. The lowest BCUT2D eigenvalue weighted by Gasteiger charge is -2.18. The van der Waals surface area contributed by atoms with Gasteiger partial charge in [0.05, 0.1) is 6.42 Å². The summed E-state index contributed by atoms with van der Waals surface area (Å²) in [7, 11) is 0. The molecule has 0 bridgehead atoms. The summed E-state index contributed by atoms with van der Waals surface area (Å²) >= 11 is 0. The van der Waals surface area contributed by atoms with Crippen molar-refractivity contribution in [2.45, 2.75) is 13.3 Å². The summed E-state index contributed by atoms with van der Waals surface area (Å²) in [6.07, 6.45) is 0.00402. The fourth-order valence-electron chi connectivity index (χ4n) is 1.76. The largest absolute Gasteiger partial charge is 0.486 e. The van der Waals surface area contributed by atoms with Crippen LogP contribution in [0.3, 0.4) is 0 Å². The second-order valence-corrected chi connectivity index (χ2v) is 4.54. The van der Waals surface area contributed by atoms with Crippen molar-refractivity contribution >= 4 is 17.8 Å². The number of hydrazine groups is 1. The highest BCUT2D eigenvalue weighted by atomic mass is 16.6. The third-order valence-electron chi connectivity index (χ3n) is 2.70. The van der Waals surface area contributed by atoms with Crippen molar-refractivity contribution in [3.05, 3.63) is 23.8 Å². The number of ether oxygens (including phenoxy) is 3. The number of fused-ring (bicyclic) bond motifs is 1. The predicted molar refractivity (Wildman–Crippen MR) is 74.1 cm³/mol. The van der Waals surface area contributed by atoms with Crippen LogP contribution in [0.1, 0.15) is 12.5 Å². The Balaban J connectivity index is 1.79. The van der Waals surface area contributed by atoms with Gasteiger partial charge in [-0.3, -0.25) is 25.2 Å². The van der Waals surface area contributed by atoms with Crippen LogP contribution in [0.25, 0.3) is 0 Å². The summed E-state index contributed by atoms with van der Waals surface area (Å²) in [6.45, 7) is 1.74. The Morgan fingerprint density at radius 3 is 2.59 bits per heavy atom. The molecule has 1 heterocycles. The highest BCUT2D eigenvalue weighted by Gasteiger charge is 2.14. The standard InChI is InChI=1S/C14H16N2O6/c1-9(17)15-16-13(18)8-22-14(19)7-10-2-3-11-12(6-10)21-5-4-20-11/h2-3,6H,4-5,7-8H2,1H3,(H,15,17)(H,16,18). The molecule has 0 radical (unpaired) electrons. The van der Waals surface area contributed by atoms with Crippen LogP contribution in [0.4, 0.5) is 0 Å². The summed E-state index contributed by atoms with van der Waals surface area (Å²) in [5.41, 5.74) is 4.87. The van der Waals surface area contributed by atoms with Gasteiger partial charge in [-0.05, 0) is 17.7 Å². The topological polar surface area (TPSA) is 103 Å². The minimum Gasteiger partial charge on any atom is -0.486 e. The van der Waals surface area contributed by atoms with Gasteiger partial charge in [0.15, 0.2) is 18.1 Å². The minimum absolute atomic E-state index is 0.00402. The molecule has 8 heteroatoms. The lowest BCUT2D eigenvalue weighted by molar-refractivity contribution is -0.148. The highest BCUT2D eigenvalue weighted by Crippen LogP contribution is 2.30. The van der Waals surface area contributed by atoms with E-state index in [1.54, 1.807) is 18.2 Å². The first kappa shape index (κ1) is 15.6. The van der Waals surface area contributed by atoms with E-state index in [2.05, 4.69) is 10.9 Å². The second kappa shape index (κ2) is 7.30. The normalized spacial score (nSPS) is 12.2. The summed E-state index contributed by atoms with van der Waals surface area (Å²) in [4.78, 5) is 33.5. The van der Waals surface area contributed by atoms with Gasteiger partial charge in [0.2, 0.25) is 5.91 Å². The molecule has 2 rings (SSSR count). The van der Waals surface area contributed by atoms with Crippen LogP contribution in [-0.2, 0) is 25.5 Å². The molecule has 0 unspecified atom stereocenters. The molecule has 0 aliphatic carbocycles. The number of rotatable bonds is 4. The lowest BCUT2D eigenvalue weighted by Crippen LogP contribution is -2.42. The average Bonchev–Trinajstić information content (AvgIpc) is 2.50. The average molecular weight is 308 g/mol. The van der Waals surface area contributed by atoms with Crippen LogP contribution in [0, 0.1) is 0 Å². The zero-order valence-electron chi connectivity index (χ0n) is 12.0. The van der Waals surface area contributed by atoms with Crippen LogP contribution in [0.2, 0.25) is 0 Å². The van der Waals surface area contributed by atoms with Gasteiger partial charge < -0.3 is 14.2 Å². The molecule has 0 spiro atoms. The number of esters is 1. The smallest absolute Gasteiger partial charge is 0.310 e. The third-order valence-corrected chi connectivity index (χ3v) is 2.70. The molecule has 0 atom stereocenters. The van der Waals surface area contributed by atoms with Crippen molar-refractivity contribution in [2.75, 3.05) is 19.8 Å². The molecule has 1 aliphatic rings. The molecular weight excluding hydrogens is 292 g/mol. The Labute approximate surface area is 126 Å². The molecule has 0 saturated heterocycles. The SMILES string of the molecule is CC(=O)NNC(=O)COC(=O)Cc1ccc2c(c1)OCCO2. The molecule has 1 aromatic carbocycles. The fourth-order valence-corrected chi connectivity index (χ4v) is 1.76. The van der Waals surface area contributed by atoms with Gasteiger partial charge in [0.25, 0.3) is 5.91 Å². The molecule has 0 aromatic heterocycles. The van der Waals surface area contributed by atoms with E-state index in [1.807, 2.05) is 0 Å². The number of hydrogen-bond donors (Lipinski definition) is 2. The van der Waals surface area contributed by atoms with Crippen molar-refractivity contribution in [1.29, 1.82) is 0 Å². The first-order chi connectivity index (χ1) is 10.5. The van der Waals surface area contributed by atoms with E-state index in [1.165, 1.54) is 6.92 Å². The number of hydrogen-bond acceptors (Lipinski definition) is 6. The Morgan fingerprint density at radius 2 is 1.86 bits per heavy atom. The Morgan fingerprint density at radius 1 is 1.14 bits per heavy atom. The van der Waals surface area contributed by atoms with E-state index in [9.17, 15) is 14.4 Å². The summed E-state index contributed by atoms with van der Waals surface area (Å²) in [5.74, 6) is -0.380. The Bertz CT molecular complexity index is 587. The zero-order chi connectivity index (χ0) is 15.9. The number of nitrogens with one attached hydrogen (secondary N) is 2. The lowest BCUT2D eigenvalue weighted by atomic mass is 10.1. The number of carbonyl (C=O) groups excluding carboxylic acids is 3. The summed E-state index contributed by atoms with van der Waals surface area (Å²) < 4.78 is 15.6. The zero-order valence-corrected chi connectivity index (χ0v) is 12.0. The molecule has 0 saturated carbocycles. The maximum Gasteiger partial charge on any atom is 0.310 e. The monoisotopic (exact) mass is 308 g/mol. The van der Waals surface area contributed by atoms with Crippen molar-refractivity contribution in [2.24, 2.45) is 0 Å². The maximum atomic E-state index is 11.7. The third kappa shape index (κ3) is 4.65. The van der Waals surface area contributed by atoms with Gasteiger partial charge in [0, 0.05) is 6.92 Å². The van der Waals surface area contributed by atoms with Crippen molar-refractivity contribution in [1.82, 2.24) is 10.9 Å². The molecule has 22 heavy (non-hydrogen) atoms. The predicted octanol–water partition coefficient (Wildman–Crippen LogP) is -0.289. The highest BCUT2D eigenvalue weighted by molar-refractivity contribution is 5.83. The van der Waals surface area contributed by atoms with Gasteiger partial charge in [-0.1, -0.05) is 6.07 Å². The summed E-state index contributed by atoms with van der Waals surface area (Å²) in [5, 5.41) is 0. The maximum absolute atomic E-state index is 11.7. The van der Waals surface area contributed by atoms with E-state index in [0.717, 1.165) is 0 Å². The first-order valence-corrected chi connectivity index (χ1v) is 6.64. The molecule has 1 aromatic rings. The van der Waals surface area contributed by atoms with Gasteiger partial charge in [-0.2, -0.15) is 0 Å². The Kier molecular flexibility index (Phi) is 5.18. The Hall–Kier alpha value is -2.77. The molecular formula is C14H16N2O6. The second-order valence-electron chi connectivity index (χ2n) is 4.54.